The van der Waals surface area contributed by atoms with Crippen LogP contribution in [0.2, 0.25) is 10.0 Å². The molecule has 0 fully saturated rings. The lowest BCUT2D eigenvalue weighted by atomic mass is 10.1. The first-order valence-corrected chi connectivity index (χ1v) is 9.46. The number of nitrogens with zero attached hydrogens (tertiary/aromatic N) is 2. The molecule has 132 valence electrons. The standard InChI is InChI=1S/C19H26Cl2N2O/c1-2-3-4-5-6-18(9-11-23-12-10-22-15-23)24-14-16-7-8-17(20)13-19(16)21/h7-8,10,12-13,15,18H,2-6,9,11,14H2,1H3. The van der Waals surface area contributed by atoms with E-state index < -0.39 is 0 Å². The van der Waals surface area contributed by atoms with E-state index in [9.17, 15) is 0 Å². The van der Waals surface area contributed by atoms with Gasteiger partial charge in [0.2, 0.25) is 0 Å². The maximum Gasteiger partial charge on any atom is 0.0945 e. The lowest BCUT2D eigenvalue weighted by Gasteiger charge is -2.19. The van der Waals surface area contributed by atoms with Gasteiger partial charge in [-0.3, -0.25) is 0 Å². The molecule has 5 heteroatoms. The van der Waals surface area contributed by atoms with E-state index in [0.29, 0.717) is 16.7 Å². The minimum absolute atomic E-state index is 0.232. The number of aromatic nitrogens is 2. The van der Waals surface area contributed by atoms with Gasteiger partial charge in [-0.25, -0.2) is 4.98 Å². The highest BCUT2D eigenvalue weighted by atomic mass is 35.5. The number of benzene rings is 1. The second-order valence-corrected chi connectivity index (χ2v) is 6.95. The Kier molecular flexibility index (Phi) is 8.65. The first-order chi connectivity index (χ1) is 11.7. The van der Waals surface area contributed by atoms with Crippen LogP contribution in [0.1, 0.15) is 51.0 Å². The molecule has 0 spiro atoms. The molecular weight excluding hydrogens is 343 g/mol. The van der Waals surface area contributed by atoms with Crippen LogP contribution in [0, 0.1) is 0 Å². The van der Waals surface area contributed by atoms with Crippen LogP contribution in [-0.2, 0) is 17.9 Å². The van der Waals surface area contributed by atoms with Crippen molar-refractivity contribution >= 4 is 23.2 Å². The van der Waals surface area contributed by atoms with Crippen molar-refractivity contribution in [2.45, 2.75) is 64.7 Å². The van der Waals surface area contributed by atoms with E-state index in [-0.39, 0.29) is 6.10 Å². The van der Waals surface area contributed by atoms with E-state index >= 15 is 0 Å². The Hall–Kier alpha value is -1.03. The van der Waals surface area contributed by atoms with Crippen molar-refractivity contribution in [2.75, 3.05) is 0 Å². The molecule has 2 aromatic rings. The summed E-state index contributed by atoms with van der Waals surface area (Å²) >= 11 is 12.2. The van der Waals surface area contributed by atoms with Crippen LogP contribution < -0.4 is 0 Å². The second kappa shape index (κ2) is 10.8. The molecule has 0 amide bonds. The molecule has 1 atom stereocenters. The van der Waals surface area contributed by atoms with Crippen molar-refractivity contribution in [2.24, 2.45) is 0 Å². The summed E-state index contributed by atoms with van der Waals surface area (Å²) in [5, 5.41) is 1.32. The number of ether oxygens (including phenoxy) is 1. The minimum atomic E-state index is 0.232. The Bertz CT molecular complexity index is 587. The quantitative estimate of drug-likeness (QED) is 0.445. The molecular formula is C19H26Cl2N2O. The zero-order valence-electron chi connectivity index (χ0n) is 14.3. The molecule has 0 aliphatic rings. The van der Waals surface area contributed by atoms with Crippen molar-refractivity contribution in [1.82, 2.24) is 9.55 Å². The summed E-state index contributed by atoms with van der Waals surface area (Å²) in [5.41, 5.74) is 0.988. The fourth-order valence-electron chi connectivity index (χ4n) is 2.67. The molecule has 1 aromatic heterocycles. The van der Waals surface area contributed by atoms with Crippen molar-refractivity contribution in [3.05, 3.63) is 52.5 Å². The van der Waals surface area contributed by atoms with Crippen molar-refractivity contribution in [3.63, 3.8) is 0 Å². The molecule has 0 radical (unpaired) electrons. The van der Waals surface area contributed by atoms with E-state index in [4.69, 9.17) is 27.9 Å². The topological polar surface area (TPSA) is 27.1 Å². The first kappa shape index (κ1) is 19.3. The Morgan fingerprint density at radius 2 is 2.04 bits per heavy atom. The highest BCUT2D eigenvalue weighted by Gasteiger charge is 2.11. The molecule has 1 heterocycles. The van der Waals surface area contributed by atoms with Crippen molar-refractivity contribution in [1.29, 1.82) is 0 Å². The highest BCUT2D eigenvalue weighted by Crippen LogP contribution is 2.23. The zero-order valence-corrected chi connectivity index (χ0v) is 15.8. The van der Waals surface area contributed by atoms with Gasteiger partial charge in [0, 0.05) is 29.0 Å². The summed E-state index contributed by atoms with van der Waals surface area (Å²) in [7, 11) is 0. The zero-order chi connectivity index (χ0) is 17.2. The van der Waals surface area contributed by atoms with Gasteiger partial charge in [-0.2, -0.15) is 0 Å². The fraction of sp³-hybridized carbons (Fsp3) is 0.526. The minimum Gasteiger partial charge on any atom is -0.373 e. The van der Waals surface area contributed by atoms with Gasteiger partial charge in [0.25, 0.3) is 0 Å². The third kappa shape index (κ3) is 6.84. The number of imidazole rings is 1. The predicted molar refractivity (Wildman–Crippen MR) is 101 cm³/mol. The monoisotopic (exact) mass is 368 g/mol. The molecule has 0 aliphatic heterocycles. The number of rotatable bonds is 11. The summed E-state index contributed by atoms with van der Waals surface area (Å²) in [6.07, 6.45) is 13.0. The van der Waals surface area contributed by atoms with Crippen LogP contribution in [0.15, 0.2) is 36.9 Å². The highest BCUT2D eigenvalue weighted by molar-refractivity contribution is 6.35. The summed E-state index contributed by atoms with van der Waals surface area (Å²) in [6, 6.07) is 5.56. The van der Waals surface area contributed by atoms with Gasteiger partial charge in [0.05, 0.1) is 19.0 Å². The van der Waals surface area contributed by atoms with Crippen LogP contribution in [-0.4, -0.2) is 15.7 Å². The number of hydrogen-bond donors (Lipinski definition) is 0. The van der Waals surface area contributed by atoms with E-state index in [1.807, 2.05) is 30.9 Å². The third-order valence-corrected chi connectivity index (χ3v) is 4.72. The number of aryl methyl sites for hydroxylation is 1. The molecule has 0 saturated heterocycles. The summed E-state index contributed by atoms with van der Waals surface area (Å²) in [6.45, 7) is 3.68. The van der Waals surface area contributed by atoms with Crippen molar-refractivity contribution in [3.8, 4) is 0 Å². The molecule has 2 rings (SSSR count). The van der Waals surface area contributed by atoms with Gasteiger partial charge in [-0.1, -0.05) is 61.9 Å². The van der Waals surface area contributed by atoms with Gasteiger partial charge in [0.1, 0.15) is 0 Å². The summed E-state index contributed by atoms with van der Waals surface area (Å²) < 4.78 is 8.26. The van der Waals surface area contributed by atoms with Gasteiger partial charge in [-0.15, -0.1) is 0 Å². The summed E-state index contributed by atoms with van der Waals surface area (Å²) in [5.74, 6) is 0. The van der Waals surface area contributed by atoms with Crippen LogP contribution in [0.5, 0.6) is 0 Å². The van der Waals surface area contributed by atoms with Gasteiger partial charge in [-0.05, 0) is 30.5 Å². The van der Waals surface area contributed by atoms with Crippen molar-refractivity contribution < 1.29 is 4.74 Å². The van der Waals surface area contributed by atoms with Gasteiger partial charge >= 0.3 is 0 Å². The Balaban J connectivity index is 1.85. The smallest absolute Gasteiger partial charge is 0.0945 e. The number of hydrogen-bond acceptors (Lipinski definition) is 2. The average Bonchev–Trinajstić information content (AvgIpc) is 3.08. The largest absolute Gasteiger partial charge is 0.373 e. The lowest BCUT2D eigenvalue weighted by Crippen LogP contribution is -2.16. The van der Waals surface area contributed by atoms with Crippen LogP contribution in [0.4, 0.5) is 0 Å². The molecule has 3 nitrogen and oxygen atoms in total. The van der Waals surface area contributed by atoms with Gasteiger partial charge < -0.3 is 9.30 Å². The van der Waals surface area contributed by atoms with Crippen LogP contribution in [0.3, 0.4) is 0 Å². The average molecular weight is 369 g/mol. The molecule has 1 aromatic carbocycles. The molecule has 0 saturated carbocycles. The van der Waals surface area contributed by atoms with Crippen LogP contribution in [0.25, 0.3) is 0 Å². The Morgan fingerprint density at radius 1 is 1.17 bits per heavy atom. The van der Waals surface area contributed by atoms with E-state index in [2.05, 4.69) is 16.5 Å². The fourth-order valence-corrected chi connectivity index (χ4v) is 3.13. The molecule has 0 N–H and O–H groups in total. The Labute approximate surface area is 154 Å². The number of unbranched alkanes of at least 4 members (excludes halogenated alkanes) is 3. The Morgan fingerprint density at radius 3 is 2.75 bits per heavy atom. The second-order valence-electron chi connectivity index (χ2n) is 6.11. The molecule has 1 unspecified atom stereocenters. The molecule has 24 heavy (non-hydrogen) atoms. The normalized spacial score (nSPS) is 12.5. The van der Waals surface area contributed by atoms with E-state index in [1.54, 1.807) is 6.07 Å². The van der Waals surface area contributed by atoms with E-state index in [0.717, 1.165) is 24.9 Å². The predicted octanol–water partition coefficient (Wildman–Crippen LogP) is 6.14. The maximum atomic E-state index is 6.24. The lowest BCUT2D eigenvalue weighted by molar-refractivity contribution is 0.0251. The van der Waals surface area contributed by atoms with E-state index in [1.165, 1.54) is 25.7 Å². The van der Waals surface area contributed by atoms with Gasteiger partial charge in [0.15, 0.2) is 0 Å². The first-order valence-electron chi connectivity index (χ1n) is 8.70. The molecule has 0 aliphatic carbocycles. The maximum absolute atomic E-state index is 6.24. The van der Waals surface area contributed by atoms with Crippen LogP contribution >= 0.6 is 23.2 Å². The number of halogens is 2. The third-order valence-electron chi connectivity index (χ3n) is 4.14. The summed E-state index contributed by atoms with van der Waals surface area (Å²) in [4.78, 5) is 4.09. The SMILES string of the molecule is CCCCCCC(CCn1ccnc1)OCc1ccc(Cl)cc1Cl. The molecule has 0 bridgehead atoms.